The molecule has 1 fully saturated rings. The lowest BCUT2D eigenvalue weighted by Crippen LogP contribution is -2.61. The first-order valence-corrected chi connectivity index (χ1v) is 12.4. The van der Waals surface area contributed by atoms with Crippen LogP contribution in [0.3, 0.4) is 0 Å². The quantitative estimate of drug-likeness (QED) is 0.272. The van der Waals surface area contributed by atoms with Gasteiger partial charge in [-0.05, 0) is 66.9 Å². The van der Waals surface area contributed by atoms with Gasteiger partial charge in [0.2, 0.25) is 6.10 Å². The number of hydrogen-bond donors (Lipinski definition) is 0. The van der Waals surface area contributed by atoms with Crippen LogP contribution in [0.25, 0.3) is 0 Å². The molecule has 36 heavy (non-hydrogen) atoms. The molecule has 1 aliphatic heterocycles. The van der Waals surface area contributed by atoms with Crippen molar-refractivity contribution in [1.29, 1.82) is 0 Å². The third-order valence-corrected chi connectivity index (χ3v) is 6.51. The number of aryl methyl sites for hydroxylation is 2. The average molecular weight is 479 g/mol. The fourth-order valence-electron chi connectivity index (χ4n) is 4.39. The topological polar surface area (TPSA) is 51.7 Å². The normalized spacial score (nSPS) is 16.9. The van der Waals surface area contributed by atoms with Crippen LogP contribution in [0, 0.1) is 6.92 Å². The van der Waals surface area contributed by atoms with Crippen LogP contribution in [-0.4, -0.2) is 23.6 Å². The Morgan fingerprint density at radius 2 is 1.61 bits per heavy atom. The number of β-lactam (4-membered cyclic amide) rings is 1. The fraction of sp³-hybridized carbons (Fsp3) is 0.226. The van der Waals surface area contributed by atoms with Crippen LogP contribution < -0.4 is 14.4 Å². The number of carbonyl (C=O) groups is 1. The summed E-state index contributed by atoms with van der Waals surface area (Å²) < 4.78 is 12.1. The summed E-state index contributed by atoms with van der Waals surface area (Å²) in [6.45, 7) is 4.71. The number of ether oxygens (including phenoxy) is 2. The second-order valence-electron chi connectivity index (χ2n) is 9.02. The molecule has 3 aromatic carbocycles. The van der Waals surface area contributed by atoms with Crippen LogP contribution in [-0.2, 0) is 17.6 Å². The Hall–Kier alpha value is -4.12. The third kappa shape index (κ3) is 5.10. The average Bonchev–Trinajstić information content (AvgIpc) is 2.92. The first-order chi connectivity index (χ1) is 17.6. The van der Waals surface area contributed by atoms with Gasteiger partial charge in [-0.2, -0.15) is 0 Å². The smallest absolute Gasteiger partial charge is 0.271 e. The van der Waals surface area contributed by atoms with Gasteiger partial charge in [-0.3, -0.25) is 14.7 Å². The SMILES string of the molecule is CCc1ccc(CCOc2ccc(C3C(Oc4ccccc4)C(=O)N3c3ccc(C)cc3)cc2)nc1. The summed E-state index contributed by atoms with van der Waals surface area (Å²) in [6, 6.07) is 29.4. The van der Waals surface area contributed by atoms with Gasteiger partial charge in [-0.1, -0.05) is 61.0 Å². The Morgan fingerprint density at radius 1 is 0.861 bits per heavy atom. The monoisotopic (exact) mass is 478 g/mol. The first-order valence-electron chi connectivity index (χ1n) is 12.4. The lowest BCUT2D eigenvalue weighted by atomic mass is 9.89. The summed E-state index contributed by atoms with van der Waals surface area (Å²) in [5.41, 5.74) is 5.27. The molecular weight excluding hydrogens is 448 g/mol. The van der Waals surface area contributed by atoms with E-state index in [-0.39, 0.29) is 11.9 Å². The molecule has 4 aromatic rings. The molecule has 1 saturated heterocycles. The Balaban J connectivity index is 1.30. The zero-order valence-corrected chi connectivity index (χ0v) is 20.6. The van der Waals surface area contributed by atoms with E-state index in [2.05, 4.69) is 24.0 Å². The number of rotatable bonds is 9. The molecule has 5 heteroatoms. The molecule has 0 saturated carbocycles. The maximum Gasteiger partial charge on any atom is 0.271 e. The van der Waals surface area contributed by atoms with E-state index in [1.165, 1.54) is 5.56 Å². The molecule has 2 heterocycles. The molecule has 0 spiro atoms. The lowest BCUT2D eigenvalue weighted by molar-refractivity contribution is -0.135. The van der Waals surface area contributed by atoms with Crippen molar-refractivity contribution >= 4 is 11.6 Å². The van der Waals surface area contributed by atoms with E-state index in [1.54, 1.807) is 0 Å². The number of pyridine rings is 1. The molecule has 2 atom stereocenters. The summed E-state index contributed by atoms with van der Waals surface area (Å²) in [5, 5.41) is 0. The maximum atomic E-state index is 13.2. The van der Waals surface area contributed by atoms with Crippen LogP contribution >= 0.6 is 0 Å². The molecule has 0 aliphatic carbocycles. The van der Waals surface area contributed by atoms with E-state index in [4.69, 9.17) is 9.47 Å². The Bertz CT molecular complexity index is 1290. The van der Waals surface area contributed by atoms with E-state index in [1.807, 2.05) is 96.9 Å². The van der Waals surface area contributed by atoms with Crippen molar-refractivity contribution in [2.24, 2.45) is 0 Å². The lowest BCUT2D eigenvalue weighted by Gasteiger charge is -2.46. The summed E-state index contributed by atoms with van der Waals surface area (Å²) in [7, 11) is 0. The number of para-hydroxylation sites is 1. The van der Waals surface area contributed by atoms with Gasteiger partial charge >= 0.3 is 0 Å². The summed E-state index contributed by atoms with van der Waals surface area (Å²) in [4.78, 5) is 19.5. The molecule has 0 N–H and O–H groups in total. The molecule has 2 unspecified atom stereocenters. The van der Waals surface area contributed by atoms with Gasteiger partial charge in [0.15, 0.2) is 0 Å². The summed E-state index contributed by atoms with van der Waals surface area (Å²) in [6.07, 6.45) is 3.08. The van der Waals surface area contributed by atoms with E-state index in [9.17, 15) is 4.79 Å². The van der Waals surface area contributed by atoms with Crippen molar-refractivity contribution in [3.8, 4) is 11.5 Å². The molecular formula is C31H30N2O3. The Kier molecular flexibility index (Phi) is 6.99. The van der Waals surface area contributed by atoms with Crippen LogP contribution in [0.5, 0.6) is 11.5 Å². The van der Waals surface area contributed by atoms with E-state index in [0.29, 0.717) is 12.4 Å². The minimum absolute atomic E-state index is 0.0466. The standard InChI is InChI=1S/C31H30N2O3/c1-3-23-11-14-25(32-21-23)19-20-35-27-17-12-24(13-18-27)29-30(36-28-7-5-4-6-8-28)31(34)33(29)26-15-9-22(2)10-16-26/h4-18,21,29-30H,3,19-20H2,1-2H3. The minimum Gasteiger partial charge on any atom is -0.493 e. The number of benzene rings is 3. The zero-order valence-electron chi connectivity index (χ0n) is 20.6. The van der Waals surface area contributed by atoms with E-state index < -0.39 is 6.10 Å². The molecule has 0 bridgehead atoms. The van der Waals surface area contributed by atoms with Gasteiger partial charge in [0.1, 0.15) is 17.5 Å². The first kappa shape index (κ1) is 23.6. The second-order valence-corrected chi connectivity index (χ2v) is 9.02. The van der Waals surface area contributed by atoms with Crippen LogP contribution in [0.1, 0.15) is 35.3 Å². The van der Waals surface area contributed by atoms with Gasteiger partial charge in [0.05, 0.1) is 6.61 Å². The molecule has 1 amide bonds. The van der Waals surface area contributed by atoms with Crippen LogP contribution in [0.2, 0.25) is 0 Å². The Labute approximate surface area is 212 Å². The van der Waals surface area contributed by atoms with Gasteiger partial charge in [0, 0.05) is 24.0 Å². The number of nitrogens with zero attached hydrogens (tertiary/aromatic N) is 2. The Morgan fingerprint density at radius 3 is 2.28 bits per heavy atom. The fourth-order valence-corrected chi connectivity index (χ4v) is 4.39. The van der Waals surface area contributed by atoms with Crippen molar-refractivity contribution in [3.05, 3.63) is 120 Å². The zero-order chi connectivity index (χ0) is 24.9. The van der Waals surface area contributed by atoms with Crippen LogP contribution in [0.15, 0.2) is 97.2 Å². The second kappa shape index (κ2) is 10.6. The van der Waals surface area contributed by atoms with E-state index >= 15 is 0 Å². The number of aromatic nitrogens is 1. The van der Waals surface area contributed by atoms with Gasteiger partial charge < -0.3 is 9.47 Å². The highest BCUT2D eigenvalue weighted by Crippen LogP contribution is 2.41. The predicted molar refractivity (Wildman–Crippen MR) is 142 cm³/mol. The number of anilines is 1. The summed E-state index contributed by atoms with van der Waals surface area (Å²) in [5.74, 6) is 1.43. The number of carbonyl (C=O) groups excluding carboxylic acids is 1. The van der Waals surface area contributed by atoms with Crippen molar-refractivity contribution in [2.75, 3.05) is 11.5 Å². The minimum atomic E-state index is -0.586. The highest BCUT2D eigenvalue weighted by molar-refractivity contribution is 6.05. The highest BCUT2D eigenvalue weighted by atomic mass is 16.5. The largest absolute Gasteiger partial charge is 0.493 e. The number of amides is 1. The molecule has 5 nitrogen and oxygen atoms in total. The molecule has 0 radical (unpaired) electrons. The van der Waals surface area contributed by atoms with Gasteiger partial charge in [-0.25, -0.2) is 0 Å². The van der Waals surface area contributed by atoms with Gasteiger partial charge in [0.25, 0.3) is 5.91 Å². The van der Waals surface area contributed by atoms with Crippen molar-refractivity contribution < 1.29 is 14.3 Å². The third-order valence-electron chi connectivity index (χ3n) is 6.51. The predicted octanol–water partition coefficient (Wildman–Crippen LogP) is 6.11. The van der Waals surface area contributed by atoms with Gasteiger partial charge in [-0.15, -0.1) is 0 Å². The van der Waals surface area contributed by atoms with Crippen molar-refractivity contribution in [1.82, 2.24) is 4.98 Å². The van der Waals surface area contributed by atoms with E-state index in [0.717, 1.165) is 41.1 Å². The molecule has 5 rings (SSSR count). The highest BCUT2D eigenvalue weighted by Gasteiger charge is 2.51. The molecule has 1 aliphatic rings. The number of hydrogen-bond acceptors (Lipinski definition) is 4. The summed E-state index contributed by atoms with van der Waals surface area (Å²) >= 11 is 0. The maximum absolute atomic E-state index is 13.2. The molecule has 1 aromatic heterocycles. The molecule has 182 valence electrons. The van der Waals surface area contributed by atoms with Crippen LogP contribution in [0.4, 0.5) is 5.69 Å². The van der Waals surface area contributed by atoms with Crippen molar-refractivity contribution in [2.45, 2.75) is 38.8 Å². The van der Waals surface area contributed by atoms with Crippen molar-refractivity contribution in [3.63, 3.8) is 0 Å².